The molecule has 0 fully saturated rings. The molecule has 1 aromatic rings. The van der Waals surface area contributed by atoms with E-state index in [1.165, 1.54) is 0 Å². The fraction of sp³-hybridized carbons (Fsp3) is 0.400. The van der Waals surface area contributed by atoms with Crippen LogP contribution in [0.4, 0.5) is 0 Å². The Labute approximate surface area is 64.4 Å². The second-order valence-electron chi connectivity index (χ2n) is 1.18. The van der Waals surface area contributed by atoms with Gasteiger partial charge in [-0.3, -0.25) is 0 Å². The number of aryl methyl sites for hydroxylation is 1. The molecule has 0 bridgehead atoms. The van der Waals surface area contributed by atoms with E-state index in [9.17, 15) is 0 Å². The Balaban J connectivity index is 3.35. The number of nitrogens with zero attached hydrogens (tertiary/aromatic N) is 1. The molecular formula is C5H6BrNO. The molecule has 0 aliphatic rings. The molecule has 1 heterocycles. The van der Waals surface area contributed by atoms with E-state index in [1.54, 1.807) is 0 Å². The van der Waals surface area contributed by atoms with Crippen LogP contribution in [0.15, 0.2) is 9.13 Å². The van der Waals surface area contributed by atoms with E-state index in [-0.39, 0.29) is 4.60 Å². The van der Waals surface area contributed by atoms with Gasteiger partial charge in [0.1, 0.15) is 5.76 Å². The lowest BCUT2D eigenvalue weighted by atomic mass is 10.3. The first-order valence-electron chi connectivity index (χ1n) is 4.80. The summed E-state index contributed by atoms with van der Waals surface area (Å²) in [6, 6.07) is 0. The molecular weight excluding hydrogens is 170 g/mol. The van der Waals surface area contributed by atoms with Crippen LogP contribution in [0.3, 0.4) is 0 Å². The highest BCUT2D eigenvalue weighted by Gasteiger charge is 2.01. The van der Waals surface area contributed by atoms with E-state index in [1.807, 2.05) is 0 Å². The average molecular weight is 182 g/mol. The van der Waals surface area contributed by atoms with Crippen molar-refractivity contribution in [3.05, 3.63) is 15.9 Å². The summed E-state index contributed by atoms with van der Waals surface area (Å²) in [4.78, 5) is 0. The highest BCUT2D eigenvalue weighted by Crippen LogP contribution is 2.16. The third-order valence-electron chi connectivity index (χ3n) is 0.650. The van der Waals surface area contributed by atoms with Crippen molar-refractivity contribution in [2.75, 3.05) is 0 Å². The summed E-state index contributed by atoms with van der Waals surface area (Å²) in [6.07, 6.45) is 0. The minimum Gasteiger partial charge on any atom is -0.360 e. The third-order valence-corrected chi connectivity index (χ3v) is 1.19. The van der Waals surface area contributed by atoms with Crippen molar-refractivity contribution in [2.24, 2.45) is 0 Å². The Bertz CT molecular complexity index is 339. The number of halogens is 1. The molecule has 0 spiro atoms. The van der Waals surface area contributed by atoms with E-state index in [2.05, 4.69) is 25.6 Å². The fourth-order valence-corrected chi connectivity index (χ4v) is 0.523. The van der Waals surface area contributed by atoms with Crippen LogP contribution in [-0.2, 0) is 0 Å². The van der Waals surface area contributed by atoms with Gasteiger partial charge in [0.2, 0.25) is 0 Å². The van der Waals surface area contributed by atoms with Crippen molar-refractivity contribution in [2.45, 2.75) is 13.7 Å². The molecule has 0 saturated heterocycles. The average Bonchev–Trinajstić information content (AvgIpc) is 2.27. The highest BCUT2D eigenvalue weighted by molar-refractivity contribution is 9.10. The Hall–Kier alpha value is -0.310. The Kier molecular flexibility index (Phi) is 0.435. The summed E-state index contributed by atoms with van der Waals surface area (Å²) in [5.41, 5.74) is -0.391. The monoisotopic (exact) mass is 181 g/mol. The highest BCUT2D eigenvalue weighted by atomic mass is 79.9. The maximum Gasteiger partial charge on any atom is 0.152 e. The molecule has 1 aromatic heterocycles. The van der Waals surface area contributed by atoms with Gasteiger partial charge < -0.3 is 4.52 Å². The zero-order valence-corrected chi connectivity index (χ0v) is 5.32. The molecule has 0 saturated carbocycles. The smallest absolute Gasteiger partial charge is 0.152 e. The maximum absolute atomic E-state index is 7.10. The molecule has 0 amide bonds. The molecule has 44 valence electrons. The van der Waals surface area contributed by atoms with Crippen LogP contribution in [-0.4, -0.2) is 5.16 Å². The third kappa shape index (κ3) is 0.777. The van der Waals surface area contributed by atoms with Gasteiger partial charge in [-0.05, 0) is 29.6 Å². The molecule has 8 heavy (non-hydrogen) atoms. The van der Waals surface area contributed by atoms with Gasteiger partial charge in [-0.25, -0.2) is 0 Å². The van der Waals surface area contributed by atoms with Gasteiger partial charge >= 0.3 is 0 Å². The first-order valence-corrected chi connectivity index (χ1v) is 2.59. The molecule has 1 rings (SSSR count). The molecule has 0 aliphatic carbocycles. The summed E-state index contributed by atoms with van der Waals surface area (Å²) in [7, 11) is 0. The quantitative estimate of drug-likeness (QED) is 0.613. The first-order chi connectivity index (χ1) is 6.14. The van der Waals surface area contributed by atoms with Crippen LogP contribution < -0.4 is 0 Å². The predicted octanol–water partition coefficient (Wildman–Crippen LogP) is 2.05. The molecule has 0 aliphatic heterocycles. The number of rotatable bonds is 0. The summed E-state index contributed by atoms with van der Waals surface area (Å²) in [6.45, 7) is -5.16. The van der Waals surface area contributed by atoms with Gasteiger partial charge in [0, 0.05) is 13.8 Å². The molecule has 0 aromatic carbocycles. The molecule has 0 radical (unpaired) electrons. The predicted molar refractivity (Wildman–Crippen MR) is 33.7 cm³/mol. The van der Waals surface area contributed by atoms with Gasteiger partial charge in [0.05, 0.1) is 0 Å². The number of aromatic nitrogens is 1. The Morgan fingerprint density at radius 3 is 3.12 bits per heavy atom. The molecule has 0 N–H and O–H groups in total. The van der Waals surface area contributed by atoms with E-state index in [4.69, 9.17) is 8.22 Å². The van der Waals surface area contributed by atoms with E-state index < -0.39 is 25.0 Å². The van der Waals surface area contributed by atoms with Crippen molar-refractivity contribution in [3.8, 4) is 0 Å². The van der Waals surface area contributed by atoms with E-state index in [0.717, 1.165) is 0 Å². The van der Waals surface area contributed by atoms with E-state index in [0.29, 0.717) is 0 Å². The van der Waals surface area contributed by atoms with Gasteiger partial charge in [-0.2, -0.15) is 0 Å². The minimum absolute atomic E-state index is 0.0939. The molecule has 0 atom stereocenters. The van der Waals surface area contributed by atoms with Crippen molar-refractivity contribution in [3.63, 3.8) is 0 Å². The topological polar surface area (TPSA) is 26.0 Å². The lowest BCUT2D eigenvalue weighted by Crippen LogP contribution is -1.67. The van der Waals surface area contributed by atoms with Gasteiger partial charge in [0.15, 0.2) is 4.60 Å². The van der Waals surface area contributed by atoms with Crippen LogP contribution in [0, 0.1) is 13.7 Å². The summed E-state index contributed by atoms with van der Waals surface area (Å²) in [5, 5.41) is 3.27. The van der Waals surface area contributed by atoms with Gasteiger partial charge in [-0.15, -0.1) is 0 Å². The molecule has 3 heteroatoms. The maximum atomic E-state index is 7.10. The summed E-state index contributed by atoms with van der Waals surface area (Å²) >= 11 is 2.83. The summed E-state index contributed by atoms with van der Waals surface area (Å²) in [5.74, 6) is -0.593. The standard InChI is InChI=1S/C5H6BrNO/c1-3-4(2)8-7-5(3)6/h1-2H3/i1D3,2D3. The van der Waals surface area contributed by atoms with Crippen molar-refractivity contribution in [1.82, 2.24) is 5.16 Å². The van der Waals surface area contributed by atoms with Crippen LogP contribution in [0.2, 0.25) is 0 Å². The lowest BCUT2D eigenvalue weighted by Gasteiger charge is -1.78. The largest absolute Gasteiger partial charge is 0.360 e. The molecule has 2 nitrogen and oxygen atoms in total. The van der Waals surface area contributed by atoms with E-state index >= 15 is 0 Å². The Morgan fingerprint density at radius 2 is 2.62 bits per heavy atom. The van der Waals surface area contributed by atoms with Crippen LogP contribution in [0.25, 0.3) is 0 Å². The number of hydrogen-bond acceptors (Lipinski definition) is 2. The fourth-order valence-electron chi connectivity index (χ4n) is 0.271. The van der Waals surface area contributed by atoms with Crippen LogP contribution in [0.5, 0.6) is 0 Å². The SMILES string of the molecule is [2H]C([2H])([2H])c1onc(Br)c1C([2H])([2H])[2H]. The zero-order chi connectivity index (χ0) is 11.1. The second kappa shape index (κ2) is 1.90. The first kappa shape index (κ1) is 1.84. The minimum atomic E-state index is -2.61. The van der Waals surface area contributed by atoms with Crippen molar-refractivity contribution < 1.29 is 12.7 Å². The van der Waals surface area contributed by atoms with Crippen molar-refractivity contribution >= 4 is 15.9 Å². The zero-order valence-electron chi connectivity index (χ0n) is 9.73. The lowest BCUT2D eigenvalue weighted by molar-refractivity contribution is 0.393. The Morgan fingerprint density at radius 1 is 1.75 bits per heavy atom. The summed E-state index contributed by atoms with van der Waals surface area (Å²) < 4.78 is 46.8. The van der Waals surface area contributed by atoms with Gasteiger partial charge in [0.25, 0.3) is 0 Å². The number of hydrogen-bond donors (Lipinski definition) is 0. The van der Waals surface area contributed by atoms with Gasteiger partial charge in [-0.1, -0.05) is 5.16 Å². The van der Waals surface area contributed by atoms with Crippen molar-refractivity contribution in [1.29, 1.82) is 0 Å². The normalized spacial score (nSPS) is 24.1. The second-order valence-corrected chi connectivity index (χ2v) is 1.93. The van der Waals surface area contributed by atoms with Crippen LogP contribution in [0.1, 0.15) is 19.5 Å². The molecule has 0 unspecified atom stereocenters. The van der Waals surface area contributed by atoms with Crippen LogP contribution >= 0.6 is 15.9 Å².